The lowest BCUT2D eigenvalue weighted by Crippen LogP contribution is -2.26. The summed E-state index contributed by atoms with van der Waals surface area (Å²) in [5.41, 5.74) is -0.904. The highest BCUT2D eigenvalue weighted by Gasteiger charge is 2.38. The number of nitro groups is 1. The average molecular weight is 412 g/mol. The van der Waals surface area contributed by atoms with Crippen LogP contribution in [0.5, 0.6) is 5.75 Å². The molecule has 1 aliphatic rings. The number of nitrogens with one attached hydrogen (secondary N) is 1. The van der Waals surface area contributed by atoms with E-state index in [1.54, 1.807) is 0 Å². The number of carbonyl (C=O) groups excluding carboxylic acids is 1. The predicted octanol–water partition coefficient (Wildman–Crippen LogP) is 3.97. The first kappa shape index (κ1) is 20.6. The molecule has 0 aliphatic heterocycles. The van der Waals surface area contributed by atoms with Crippen LogP contribution in [0.4, 0.5) is 24.5 Å². The Labute approximate surface area is 163 Å². The number of anilines is 1. The fraction of sp³-hybridized carbons (Fsp3) is 0.444. The minimum atomic E-state index is -4.57. The van der Waals surface area contributed by atoms with E-state index in [4.69, 9.17) is 4.74 Å². The van der Waals surface area contributed by atoms with E-state index in [0.717, 1.165) is 18.9 Å². The van der Waals surface area contributed by atoms with Gasteiger partial charge in [0.25, 0.3) is 5.69 Å². The van der Waals surface area contributed by atoms with E-state index in [9.17, 15) is 28.1 Å². The smallest absolute Gasteiger partial charge is 0.435 e. The summed E-state index contributed by atoms with van der Waals surface area (Å²) in [7, 11) is 1.36. The number of ether oxygens (including phenoxy) is 1. The topological polar surface area (TPSA) is 99.3 Å². The first-order chi connectivity index (χ1) is 13.6. The van der Waals surface area contributed by atoms with Gasteiger partial charge >= 0.3 is 6.18 Å². The summed E-state index contributed by atoms with van der Waals surface area (Å²) in [5, 5.41) is 17.3. The van der Waals surface area contributed by atoms with Gasteiger partial charge < -0.3 is 10.1 Å². The van der Waals surface area contributed by atoms with Crippen LogP contribution in [0.2, 0.25) is 0 Å². The van der Waals surface area contributed by atoms with Crippen LogP contribution in [0.1, 0.15) is 37.1 Å². The molecule has 11 heteroatoms. The molecule has 1 amide bonds. The van der Waals surface area contributed by atoms with Crippen LogP contribution in [0.3, 0.4) is 0 Å². The molecular formula is C18H19F3N4O4. The number of alkyl halides is 3. The molecule has 8 nitrogen and oxygen atoms in total. The van der Waals surface area contributed by atoms with Gasteiger partial charge in [-0.05, 0) is 31.0 Å². The number of hydrogen-bond donors (Lipinski definition) is 1. The van der Waals surface area contributed by atoms with E-state index in [0.29, 0.717) is 5.69 Å². The third-order valence-electron chi connectivity index (χ3n) is 4.65. The largest absolute Gasteiger partial charge is 0.496 e. The van der Waals surface area contributed by atoms with Crippen molar-refractivity contribution < 1.29 is 27.6 Å². The predicted molar refractivity (Wildman–Crippen MR) is 96.6 cm³/mol. The zero-order chi connectivity index (χ0) is 21.3. The second-order valence-corrected chi connectivity index (χ2v) is 6.94. The lowest BCUT2D eigenvalue weighted by atomic mass is 10.1. The summed E-state index contributed by atoms with van der Waals surface area (Å²) in [5.74, 6) is -1.07. The van der Waals surface area contributed by atoms with E-state index in [-0.39, 0.29) is 29.6 Å². The van der Waals surface area contributed by atoms with E-state index in [1.807, 2.05) is 0 Å². The summed E-state index contributed by atoms with van der Waals surface area (Å²) < 4.78 is 45.2. The molecule has 1 heterocycles. The maximum atomic E-state index is 13.0. The van der Waals surface area contributed by atoms with Gasteiger partial charge in [0.1, 0.15) is 11.4 Å². The van der Waals surface area contributed by atoms with Gasteiger partial charge in [0.15, 0.2) is 5.69 Å². The molecule has 3 rings (SSSR count). The molecule has 1 unspecified atom stereocenters. The molecule has 1 N–H and O–H groups in total. The third kappa shape index (κ3) is 4.66. The zero-order valence-corrected chi connectivity index (χ0v) is 15.7. The number of aromatic nitrogens is 2. The van der Waals surface area contributed by atoms with Crippen molar-refractivity contribution in [3.63, 3.8) is 0 Å². The van der Waals surface area contributed by atoms with Gasteiger partial charge in [-0.25, -0.2) is 0 Å². The molecule has 1 atom stereocenters. The molecule has 1 aromatic carbocycles. The molecule has 2 aromatic rings. The van der Waals surface area contributed by atoms with Crippen LogP contribution in [0.25, 0.3) is 0 Å². The number of rotatable bonds is 7. The van der Waals surface area contributed by atoms with Crippen LogP contribution in [0.15, 0.2) is 24.3 Å². The monoisotopic (exact) mass is 412 g/mol. The maximum absolute atomic E-state index is 13.0. The van der Waals surface area contributed by atoms with Gasteiger partial charge in [-0.2, -0.15) is 18.3 Å². The Morgan fingerprint density at radius 2 is 2.10 bits per heavy atom. The highest BCUT2D eigenvalue weighted by Crippen LogP contribution is 2.42. The van der Waals surface area contributed by atoms with Crippen molar-refractivity contribution in [2.45, 2.75) is 38.4 Å². The molecule has 0 saturated heterocycles. The van der Waals surface area contributed by atoms with E-state index < -0.39 is 28.6 Å². The van der Waals surface area contributed by atoms with Gasteiger partial charge in [-0.15, -0.1) is 0 Å². The Hall–Kier alpha value is -3.11. The van der Waals surface area contributed by atoms with E-state index >= 15 is 0 Å². The molecule has 1 saturated carbocycles. The SMILES string of the molecule is COc1ccc(NC(=O)C(C)Cn2nc(C(F)(F)F)cc2C2CC2)c([N+](=O)[O-])c1. The average Bonchev–Trinajstić information content (AvgIpc) is 3.40. The minimum Gasteiger partial charge on any atom is -0.496 e. The van der Waals surface area contributed by atoms with Crippen molar-refractivity contribution in [1.29, 1.82) is 0 Å². The van der Waals surface area contributed by atoms with Crippen molar-refractivity contribution in [1.82, 2.24) is 9.78 Å². The van der Waals surface area contributed by atoms with Crippen molar-refractivity contribution in [3.8, 4) is 5.75 Å². The number of halogens is 3. The van der Waals surface area contributed by atoms with Crippen molar-refractivity contribution in [2.75, 3.05) is 12.4 Å². The summed E-state index contributed by atoms with van der Waals surface area (Å²) in [6.45, 7) is 1.45. The first-order valence-corrected chi connectivity index (χ1v) is 8.88. The Morgan fingerprint density at radius 3 is 2.66 bits per heavy atom. The quantitative estimate of drug-likeness (QED) is 0.548. The number of nitrogens with zero attached hydrogens (tertiary/aromatic N) is 3. The van der Waals surface area contributed by atoms with Crippen LogP contribution in [-0.4, -0.2) is 27.7 Å². The fourth-order valence-corrected chi connectivity index (χ4v) is 2.92. The summed E-state index contributed by atoms with van der Waals surface area (Å²) in [6.07, 6.45) is -3.01. The highest BCUT2D eigenvalue weighted by atomic mass is 19.4. The Kier molecular flexibility index (Phi) is 5.49. The number of hydrogen-bond acceptors (Lipinski definition) is 5. The molecule has 1 fully saturated rings. The number of benzene rings is 1. The Bertz CT molecular complexity index is 938. The van der Waals surface area contributed by atoms with Crippen molar-refractivity contribution in [2.24, 2.45) is 5.92 Å². The second kappa shape index (κ2) is 7.72. The van der Waals surface area contributed by atoms with Crippen molar-refractivity contribution >= 4 is 17.3 Å². The maximum Gasteiger partial charge on any atom is 0.435 e. The van der Waals surface area contributed by atoms with Gasteiger partial charge in [0.05, 0.1) is 30.6 Å². The normalized spacial score (nSPS) is 15.1. The third-order valence-corrected chi connectivity index (χ3v) is 4.65. The molecule has 0 radical (unpaired) electrons. The molecular weight excluding hydrogens is 393 g/mol. The Balaban J connectivity index is 1.77. The van der Waals surface area contributed by atoms with Gasteiger partial charge in [-0.1, -0.05) is 6.92 Å². The minimum absolute atomic E-state index is 0.0107. The molecule has 29 heavy (non-hydrogen) atoms. The van der Waals surface area contributed by atoms with E-state index in [2.05, 4.69) is 10.4 Å². The van der Waals surface area contributed by atoms with Gasteiger partial charge in [-0.3, -0.25) is 19.6 Å². The fourth-order valence-electron chi connectivity index (χ4n) is 2.92. The standard InChI is InChI=1S/C18H19F3N4O4/c1-10(9-24-14(11-3-4-11)8-16(23-24)18(19,20)21)17(26)22-13-6-5-12(29-2)7-15(13)25(27)28/h5-8,10-11H,3-4,9H2,1-2H3,(H,22,26). The molecule has 1 aromatic heterocycles. The molecule has 156 valence electrons. The second-order valence-electron chi connectivity index (χ2n) is 6.94. The molecule has 0 bridgehead atoms. The van der Waals surface area contributed by atoms with Gasteiger partial charge in [0.2, 0.25) is 5.91 Å². The van der Waals surface area contributed by atoms with Crippen LogP contribution < -0.4 is 10.1 Å². The molecule has 1 aliphatic carbocycles. The van der Waals surface area contributed by atoms with Crippen LogP contribution >= 0.6 is 0 Å². The summed E-state index contributed by atoms with van der Waals surface area (Å²) in [4.78, 5) is 23.1. The highest BCUT2D eigenvalue weighted by molar-refractivity contribution is 5.94. The van der Waals surface area contributed by atoms with Crippen LogP contribution in [0, 0.1) is 16.0 Å². The lowest BCUT2D eigenvalue weighted by molar-refractivity contribution is -0.384. The lowest BCUT2D eigenvalue weighted by Gasteiger charge is -2.14. The van der Waals surface area contributed by atoms with Crippen molar-refractivity contribution in [3.05, 3.63) is 45.8 Å². The first-order valence-electron chi connectivity index (χ1n) is 8.88. The van der Waals surface area contributed by atoms with Crippen LogP contribution in [-0.2, 0) is 17.5 Å². The molecule has 0 spiro atoms. The number of methoxy groups -OCH3 is 1. The number of nitro benzene ring substituents is 1. The number of carbonyl (C=O) groups is 1. The summed E-state index contributed by atoms with van der Waals surface area (Å²) in [6, 6.07) is 5.00. The van der Waals surface area contributed by atoms with E-state index in [1.165, 1.54) is 36.9 Å². The number of amides is 1. The summed E-state index contributed by atoms with van der Waals surface area (Å²) >= 11 is 0. The zero-order valence-electron chi connectivity index (χ0n) is 15.7. The Morgan fingerprint density at radius 1 is 1.41 bits per heavy atom. The van der Waals surface area contributed by atoms with Gasteiger partial charge in [0, 0.05) is 11.6 Å².